The molecule has 29 heavy (non-hydrogen) atoms. The molecule has 1 unspecified atom stereocenters. The van der Waals surface area contributed by atoms with E-state index in [0.29, 0.717) is 23.4 Å². The van der Waals surface area contributed by atoms with E-state index < -0.39 is 33.5 Å². The lowest BCUT2D eigenvalue weighted by molar-refractivity contribution is -0.141. The fraction of sp³-hybridized carbons (Fsp3) is 0.333. The van der Waals surface area contributed by atoms with Gasteiger partial charge in [0.25, 0.3) is 0 Å². The van der Waals surface area contributed by atoms with Gasteiger partial charge in [-0.2, -0.15) is 0 Å². The summed E-state index contributed by atoms with van der Waals surface area (Å²) >= 11 is 5.88. The average Bonchev–Trinajstić information content (AvgIpc) is 2.68. The molecule has 0 aromatic heterocycles. The third-order valence-corrected chi connectivity index (χ3v) is 6.19. The van der Waals surface area contributed by atoms with E-state index in [4.69, 9.17) is 11.6 Å². The van der Waals surface area contributed by atoms with Crippen LogP contribution in [0.15, 0.2) is 54.6 Å². The molecular weight excluding hydrogens is 414 g/mol. The first-order chi connectivity index (χ1) is 13.8. The Labute approximate surface area is 176 Å². The van der Waals surface area contributed by atoms with Crippen molar-refractivity contribution in [1.29, 1.82) is 0 Å². The molecule has 0 radical (unpaired) electrons. The minimum absolute atomic E-state index is 0.0854. The van der Waals surface area contributed by atoms with Crippen molar-refractivity contribution >= 4 is 33.3 Å². The molecule has 2 aromatic rings. The van der Waals surface area contributed by atoms with Gasteiger partial charge in [0.1, 0.15) is 5.75 Å². The largest absolute Gasteiger partial charge is 0.469 e. The van der Waals surface area contributed by atoms with Crippen molar-refractivity contribution in [2.75, 3.05) is 18.6 Å². The number of sulfone groups is 1. The van der Waals surface area contributed by atoms with E-state index in [1.54, 1.807) is 24.3 Å². The van der Waals surface area contributed by atoms with Crippen LogP contribution in [0, 0.1) is 0 Å². The van der Waals surface area contributed by atoms with E-state index in [-0.39, 0.29) is 12.2 Å². The molecule has 0 bridgehead atoms. The molecule has 6 nitrogen and oxygen atoms in total. The fourth-order valence-electron chi connectivity index (χ4n) is 2.85. The van der Waals surface area contributed by atoms with E-state index >= 15 is 0 Å². The number of ether oxygens (including phenoxy) is 1. The first-order valence-electron chi connectivity index (χ1n) is 9.15. The topological polar surface area (TPSA) is 89.5 Å². The van der Waals surface area contributed by atoms with Crippen LogP contribution in [-0.2, 0) is 30.6 Å². The Balaban J connectivity index is 1.95. The molecule has 1 N–H and O–H groups in total. The summed E-state index contributed by atoms with van der Waals surface area (Å²) in [6, 6.07) is 15.5. The quantitative estimate of drug-likeness (QED) is 0.577. The van der Waals surface area contributed by atoms with Crippen molar-refractivity contribution in [1.82, 2.24) is 5.32 Å². The molecule has 0 spiro atoms. The Hall–Kier alpha value is -2.38. The maximum Gasteiger partial charge on any atom is 0.307 e. The maximum atomic E-state index is 12.3. The normalized spacial score (nSPS) is 12.2. The number of esters is 1. The molecule has 0 aliphatic heterocycles. The van der Waals surface area contributed by atoms with E-state index in [1.165, 1.54) is 7.11 Å². The molecule has 2 aromatic carbocycles. The van der Waals surface area contributed by atoms with Crippen LogP contribution in [0.1, 0.15) is 30.0 Å². The molecule has 0 saturated carbocycles. The molecule has 2 rings (SSSR count). The van der Waals surface area contributed by atoms with Crippen LogP contribution in [0.25, 0.3) is 0 Å². The molecule has 0 aliphatic carbocycles. The minimum Gasteiger partial charge on any atom is -0.469 e. The van der Waals surface area contributed by atoms with Crippen LogP contribution in [0.4, 0.5) is 0 Å². The summed E-state index contributed by atoms with van der Waals surface area (Å²) in [6.07, 6.45) is 0.942. The Morgan fingerprint density at radius 3 is 2.34 bits per heavy atom. The van der Waals surface area contributed by atoms with Gasteiger partial charge in [-0.1, -0.05) is 54.1 Å². The predicted molar refractivity (Wildman–Crippen MR) is 112 cm³/mol. The number of aryl methyl sites for hydroxylation is 1. The number of methoxy groups -OCH3 is 1. The molecule has 0 heterocycles. The lowest BCUT2D eigenvalue weighted by Gasteiger charge is -2.18. The van der Waals surface area contributed by atoms with Gasteiger partial charge >= 0.3 is 5.97 Å². The SMILES string of the molecule is COC(=O)CC(NC(=O)CS(=O)(=O)CCCc1ccccc1)c1ccc(Cl)cc1. The van der Waals surface area contributed by atoms with Gasteiger partial charge in [0.05, 0.1) is 25.3 Å². The summed E-state index contributed by atoms with van der Waals surface area (Å²) in [7, 11) is -2.32. The Morgan fingerprint density at radius 2 is 1.72 bits per heavy atom. The zero-order valence-corrected chi connectivity index (χ0v) is 17.7. The van der Waals surface area contributed by atoms with Crippen molar-refractivity contribution < 1.29 is 22.7 Å². The van der Waals surface area contributed by atoms with Crippen molar-refractivity contribution in [3.05, 3.63) is 70.7 Å². The summed E-state index contributed by atoms with van der Waals surface area (Å²) in [5, 5.41) is 3.13. The van der Waals surface area contributed by atoms with E-state index in [0.717, 1.165) is 5.56 Å². The number of hydrogen-bond donors (Lipinski definition) is 1. The monoisotopic (exact) mass is 437 g/mol. The second-order valence-electron chi connectivity index (χ2n) is 6.63. The smallest absolute Gasteiger partial charge is 0.307 e. The van der Waals surface area contributed by atoms with Crippen LogP contribution >= 0.6 is 11.6 Å². The number of rotatable bonds is 10. The average molecular weight is 438 g/mol. The number of carbonyl (C=O) groups is 2. The lowest BCUT2D eigenvalue weighted by Crippen LogP contribution is -2.35. The maximum absolute atomic E-state index is 12.3. The molecule has 156 valence electrons. The zero-order valence-electron chi connectivity index (χ0n) is 16.1. The number of halogens is 1. The molecule has 8 heteroatoms. The Morgan fingerprint density at radius 1 is 1.07 bits per heavy atom. The fourth-order valence-corrected chi connectivity index (χ4v) is 4.18. The van der Waals surface area contributed by atoms with Gasteiger partial charge in [-0.15, -0.1) is 0 Å². The highest BCUT2D eigenvalue weighted by molar-refractivity contribution is 7.92. The number of hydrogen-bond acceptors (Lipinski definition) is 5. The van der Waals surface area contributed by atoms with Crippen LogP contribution < -0.4 is 5.32 Å². The summed E-state index contributed by atoms with van der Waals surface area (Å²) in [5.74, 6) is -1.89. The molecule has 0 aliphatic rings. The molecule has 1 atom stereocenters. The lowest BCUT2D eigenvalue weighted by atomic mass is 10.0. The van der Waals surface area contributed by atoms with Crippen LogP contribution in [-0.4, -0.2) is 38.9 Å². The van der Waals surface area contributed by atoms with E-state index in [9.17, 15) is 18.0 Å². The summed E-state index contributed by atoms with van der Waals surface area (Å²) < 4.78 is 29.3. The second-order valence-corrected chi connectivity index (χ2v) is 9.25. The number of carbonyl (C=O) groups excluding carboxylic acids is 2. The summed E-state index contributed by atoms with van der Waals surface area (Å²) in [6.45, 7) is 0. The van der Waals surface area contributed by atoms with Gasteiger partial charge in [0, 0.05) is 5.02 Å². The van der Waals surface area contributed by atoms with Gasteiger partial charge in [-0.25, -0.2) is 8.42 Å². The number of benzene rings is 2. The number of amides is 1. The van der Waals surface area contributed by atoms with Gasteiger partial charge in [-0.3, -0.25) is 9.59 Å². The summed E-state index contributed by atoms with van der Waals surface area (Å²) in [5.41, 5.74) is 1.68. The van der Waals surface area contributed by atoms with Crippen molar-refractivity contribution in [2.24, 2.45) is 0 Å². The van der Waals surface area contributed by atoms with Crippen LogP contribution in [0.3, 0.4) is 0 Å². The highest BCUT2D eigenvalue weighted by atomic mass is 35.5. The molecule has 0 saturated heterocycles. The van der Waals surface area contributed by atoms with Gasteiger partial charge < -0.3 is 10.1 Å². The van der Waals surface area contributed by atoms with E-state index in [1.807, 2.05) is 30.3 Å². The zero-order chi connectivity index (χ0) is 21.3. The Kier molecular flexibility index (Phi) is 8.67. The molecule has 1 amide bonds. The predicted octanol–water partition coefficient (Wildman–Crippen LogP) is 3.11. The second kappa shape index (κ2) is 11.0. The standard InChI is InChI=1S/C21H24ClNO5S/c1-28-21(25)14-19(17-9-11-18(22)12-10-17)23-20(24)15-29(26,27)13-5-8-16-6-3-2-4-7-16/h2-4,6-7,9-12,19H,5,8,13-15H2,1H3,(H,23,24). The van der Waals surface area contributed by atoms with E-state index in [2.05, 4.69) is 10.1 Å². The van der Waals surface area contributed by atoms with Crippen LogP contribution in [0.2, 0.25) is 5.02 Å². The van der Waals surface area contributed by atoms with Gasteiger partial charge in [0.15, 0.2) is 9.84 Å². The Bertz CT molecular complexity index is 914. The highest BCUT2D eigenvalue weighted by Gasteiger charge is 2.22. The van der Waals surface area contributed by atoms with Gasteiger partial charge in [0.2, 0.25) is 5.91 Å². The van der Waals surface area contributed by atoms with Crippen molar-refractivity contribution in [3.8, 4) is 0 Å². The number of nitrogens with one attached hydrogen (secondary N) is 1. The van der Waals surface area contributed by atoms with Crippen molar-refractivity contribution in [3.63, 3.8) is 0 Å². The summed E-state index contributed by atoms with van der Waals surface area (Å²) in [4.78, 5) is 24.0. The molecular formula is C21H24ClNO5S. The molecule has 0 fully saturated rings. The third kappa shape index (κ3) is 8.25. The first kappa shape index (κ1) is 22.9. The first-order valence-corrected chi connectivity index (χ1v) is 11.3. The third-order valence-electron chi connectivity index (χ3n) is 4.32. The highest BCUT2D eigenvalue weighted by Crippen LogP contribution is 2.20. The van der Waals surface area contributed by atoms with Crippen molar-refractivity contribution in [2.45, 2.75) is 25.3 Å². The van der Waals surface area contributed by atoms with Gasteiger partial charge in [-0.05, 0) is 36.1 Å². The van der Waals surface area contributed by atoms with Crippen LogP contribution in [0.5, 0.6) is 0 Å². The minimum atomic E-state index is -3.57.